The number of aromatic nitrogens is 3. The Balaban J connectivity index is 0.000000250. The smallest absolute Gasteiger partial charge is 0.0774 e. The van der Waals surface area contributed by atoms with Gasteiger partial charge in [-0.1, -0.05) is 122 Å². The molecule has 0 saturated heterocycles. The van der Waals surface area contributed by atoms with E-state index >= 15 is 0 Å². The Morgan fingerprint density at radius 1 is 0.702 bits per heavy atom. The summed E-state index contributed by atoms with van der Waals surface area (Å²) in [6, 6.07) is 45.2. The normalized spacial score (nSPS) is 11.2. The molecule has 0 amide bonds. The molecule has 0 bridgehead atoms. The molecule has 3 aromatic heterocycles. The predicted molar refractivity (Wildman–Crippen MR) is 195 cm³/mol. The van der Waals surface area contributed by atoms with Crippen LogP contribution >= 0.6 is 11.3 Å². The van der Waals surface area contributed by atoms with Crippen molar-refractivity contribution < 1.29 is 20.1 Å². The largest absolute Gasteiger partial charge is 0.333 e. The minimum Gasteiger partial charge on any atom is -0.333 e. The van der Waals surface area contributed by atoms with Crippen LogP contribution in [-0.2, 0) is 20.1 Å². The van der Waals surface area contributed by atoms with Gasteiger partial charge in [-0.2, -0.15) is 0 Å². The number of rotatable bonds is 5. The predicted octanol–water partition coefficient (Wildman–Crippen LogP) is 11.7. The molecule has 0 spiro atoms. The third-order valence-electron chi connectivity index (χ3n) is 8.38. The second-order valence-corrected chi connectivity index (χ2v) is 13.0. The van der Waals surface area contributed by atoms with E-state index in [0.29, 0.717) is 11.8 Å². The van der Waals surface area contributed by atoms with Gasteiger partial charge < -0.3 is 9.55 Å². The molecule has 5 aromatic carbocycles. The molecular weight excluding hydrogens is 771 g/mol. The fraction of sp³-hybridized carbons (Fsp3) is 0.143. The first-order valence-electron chi connectivity index (χ1n) is 15.8. The van der Waals surface area contributed by atoms with Gasteiger partial charge in [-0.15, -0.1) is 41.3 Å². The summed E-state index contributed by atoms with van der Waals surface area (Å²) < 4.78 is 3.64. The molecule has 8 rings (SSSR count). The van der Waals surface area contributed by atoms with E-state index in [1.807, 2.05) is 42.5 Å². The summed E-state index contributed by atoms with van der Waals surface area (Å²) in [5, 5.41) is 7.36. The van der Waals surface area contributed by atoms with Crippen molar-refractivity contribution >= 4 is 43.2 Å². The third kappa shape index (κ3) is 6.44. The van der Waals surface area contributed by atoms with E-state index in [1.54, 1.807) is 17.5 Å². The van der Waals surface area contributed by atoms with Crippen molar-refractivity contribution in [3.05, 3.63) is 150 Å². The molecule has 0 aliphatic carbocycles. The average Bonchev–Trinajstić information content (AvgIpc) is 3.68. The zero-order chi connectivity index (χ0) is 31.6. The fourth-order valence-electron chi connectivity index (χ4n) is 6.09. The standard InChI is InChI=1S/C31H27N2S.C11H8N.Ir/c1-19(2)23-12-9-13-24(20(3)4)30(23)33-28-15-8-7-14-27(28)32-31(33)26-18-34-29-17-22-11-6-5-10-21(22)16-25(26)29;1-2-6-10(7-3-1)11-8-4-5-9-12-11;/h5-17,19-20H,1-4H3;1-6,8-9H;/q2*-1;. The van der Waals surface area contributed by atoms with Gasteiger partial charge in [0, 0.05) is 32.0 Å². The Morgan fingerprint density at radius 3 is 2.06 bits per heavy atom. The monoisotopic (exact) mass is 806 g/mol. The molecule has 3 heterocycles. The quantitative estimate of drug-likeness (QED) is 0.162. The number of hydrogen-bond donors (Lipinski definition) is 0. The molecule has 235 valence electrons. The zero-order valence-electron chi connectivity index (χ0n) is 26.9. The van der Waals surface area contributed by atoms with Gasteiger partial charge in [0.25, 0.3) is 0 Å². The van der Waals surface area contributed by atoms with Gasteiger partial charge in [-0.3, -0.25) is 16.3 Å². The maximum absolute atomic E-state index is 5.20. The molecule has 0 aliphatic heterocycles. The first-order chi connectivity index (χ1) is 22.5. The van der Waals surface area contributed by atoms with Crippen molar-refractivity contribution in [1.29, 1.82) is 0 Å². The first-order valence-corrected chi connectivity index (χ1v) is 16.6. The molecular formula is C42H35IrN3S-2. The number of pyridine rings is 1. The van der Waals surface area contributed by atoms with Crippen LogP contribution in [0.3, 0.4) is 0 Å². The van der Waals surface area contributed by atoms with E-state index < -0.39 is 0 Å². The van der Waals surface area contributed by atoms with E-state index in [0.717, 1.165) is 33.7 Å². The summed E-state index contributed by atoms with van der Waals surface area (Å²) in [7, 11) is 0. The molecule has 3 nitrogen and oxygen atoms in total. The van der Waals surface area contributed by atoms with Crippen molar-refractivity contribution in [3.63, 3.8) is 0 Å². The van der Waals surface area contributed by atoms with Gasteiger partial charge in [-0.25, -0.2) is 0 Å². The number of fused-ring (bicyclic) bond motifs is 3. The van der Waals surface area contributed by atoms with Crippen molar-refractivity contribution in [1.82, 2.24) is 14.5 Å². The number of nitrogens with zero attached hydrogens (tertiary/aromatic N) is 3. The number of hydrogen-bond acceptors (Lipinski definition) is 3. The summed E-state index contributed by atoms with van der Waals surface area (Å²) in [6.07, 6.45) is 1.79. The van der Waals surface area contributed by atoms with Gasteiger partial charge in [0.1, 0.15) is 0 Å². The van der Waals surface area contributed by atoms with Crippen molar-refractivity contribution in [2.75, 3.05) is 0 Å². The summed E-state index contributed by atoms with van der Waals surface area (Å²) >= 11 is 1.68. The molecule has 5 heteroatoms. The van der Waals surface area contributed by atoms with Crippen molar-refractivity contribution in [2.45, 2.75) is 39.5 Å². The van der Waals surface area contributed by atoms with Crippen LogP contribution in [-0.4, -0.2) is 14.5 Å². The van der Waals surface area contributed by atoms with E-state index in [1.165, 1.54) is 37.7 Å². The second kappa shape index (κ2) is 14.1. The number of benzene rings is 5. The van der Waals surface area contributed by atoms with Crippen LogP contribution in [0.5, 0.6) is 0 Å². The van der Waals surface area contributed by atoms with Gasteiger partial charge >= 0.3 is 0 Å². The SMILES string of the molecule is CC(C)c1cccc(C(C)C)c1-n1c(-c2[c-]sc3cc4ccccc4cc23)nc2ccccc21.[Ir].[c-]1ccccc1-c1ccccn1. The van der Waals surface area contributed by atoms with E-state index in [2.05, 4.69) is 128 Å². The number of thiophene rings is 1. The van der Waals surface area contributed by atoms with Gasteiger partial charge in [0.05, 0.1) is 16.9 Å². The summed E-state index contributed by atoms with van der Waals surface area (Å²) in [6.45, 7) is 9.11. The molecule has 0 fully saturated rings. The summed E-state index contributed by atoms with van der Waals surface area (Å²) in [4.78, 5) is 9.42. The topological polar surface area (TPSA) is 30.7 Å². The van der Waals surface area contributed by atoms with E-state index in [4.69, 9.17) is 4.98 Å². The molecule has 1 radical (unpaired) electrons. The Morgan fingerprint density at radius 2 is 1.38 bits per heavy atom. The number of para-hydroxylation sites is 3. The van der Waals surface area contributed by atoms with Crippen LogP contribution < -0.4 is 0 Å². The van der Waals surface area contributed by atoms with E-state index in [-0.39, 0.29) is 20.1 Å². The number of imidazole rings is 1. The second-order valence-electron chi connectivity index (χ2n) is 12.1. The van der Waals surface area contributed by atoms with Crippen molar-refractivity contribution in [3.8, 4) is 28.3 Å². The van der Waals surface area contributed by atoms with Crippen molar-refractivity contribution in [2.24, 2.45) is 0 Å². The Hall–Kier alpha value is -4.41. The van der Waals surface area contributed by atoms with Crippen LogP contribution in [0.4, 0.5) is 0 Å². The third-order valence-corrected chi connectivity index (χ3v) is 9.24. The molecule has 0 N–H and O–H groups in total. The molecule has 0 aliphatic rings. The van der Waals surface area contributed by atoms with Crippen LogP contribution in [0.15, 0.2) is 128 Å². The van der Waals surface area contributed by atoms with Gasteiger partial charge in [-0.05, 0) is 57.6 Å². The minimum atomic E-state index is 0. The average molecular weight is 806 g/mol. The van der Waals surface area contributed by atoms with Crippen LogP contribution in [0.1, 0.15) is 50.7 Å². The maximum Gasteiger partial charge on any atom is 0.0774 e. The van der Waals surface area contributed by atoms with Crippen LogP contribution in [0.2, 0.25) is 0 Å². The summed E-state index contributed by atoms with van der Waals surface area (Å²) in [5.74, 6) is 1.77. The molecule has 0 saturated carbocycles. The molecule has 0 atom stereocenters. The van der Waals surface area contributed by atoms with Gasteiger partial charge in [0.2, 0.25) is 0 Å². The Bertz CT molecular complexity index is 2200. The van der Waals surface area contributed by atoms with Gasteiger partial charge in [0.15, 0.2) is 0 Å². The maximum atomic E-state index is 5.20. The van der Waals surface area contributed by atoms with Crippen LogP contribution in [0, 0.1) is 11.4 Å². The Kier molecular flexibility index (Phi) is 9.79. The van der Waals surface area contributed by atoms with E-state index in [9.17, 15) is 0 Å². The Labute approximate surface area is 294 Å². The minimum absolute atomic E-state index is 0. The van der Waals surface area contributed by atoms with Crippen LogP contribution in [0.25, 0.3) is 60.2 Å². The summed E-state index contributed by atoms with van der Waals surface area (Å²) in [5.41, 5.74) is 9.21. The fourth-order valence-corrected chi connectivity index (χ4v) is 6.96. The molecule has 8 aromatic rings. The first kappa shape index (κ1) is 32.5. The molecule has 0 unspecified atom stereocenters. The zero-order valence-corrected chi connectivity index (χ0v) is 30.1. The molecule has 47 heavy (non-hydrogen) atoms.